The van der Waals surface area contributed by atoms with Crippen LogP contribution in [0.15, 0.2) is 0 Å². The normalized spacial score (nSPS) is 49.2. The molecule has 0 saturated carbocycles. The zero-order valence-corrected chi connectivity index (χ0v) is 6.37. The Morgan fingerprint density at radius 2 is 1.75 bits per heavy atom. The largest absolute Gasteiger partial charge is 0.394 e. The van der Waals surface area contributed by atoms with E-state index in [-0.39, 0.29) is 0 Å². The number of aliphatic hydroxyl groups excluding tert-OH is 4. The van der Waals surface area contributed by atoms with Crippen molar-refractivity contribution in [1.82, 2.24) is 0 Å². The van der Waals surface area contributed by atoms with E-state index >= 15 is 0 Å². The van der Waals surface area contributed by atoms with Crippen molar-refractivity contribution in [2.45, 2.75) is 30.6 Å². The van der Waals surface area contributed by atoms with Crippen LogP contribution in [0.2, 0.25) is 0 Å². The Bertz CT molecular complexity index is 150. The van der Waals surface area contributed by atoms with E-state index in [9.17, 15) is 10.2 Å². The van der Waals surface area contributed by atoms with Crippen LogP contribution in [0.5, 0.6) is 0 Å². The van der Waals surface area contributed by atoms with E-state index < -0.39 is 37.3 Å². The van der Waals surface area contributed by atoms with Crippen LogP contribution < -0.4 is 5.73 Å². The molecule has 6 nitrogen and oxygen atoms in total. The maximum atomic E-state index is 9.20. The molecular weight excluding hydrogens is 166 g/mol. The highest BCUT2D eigenvalue weighted by Crippen LogP contribution is 2.17. The molecule has 1 fully saturated rings. The highest BCUT2D eigenvalue weighted by molar-refractivity contribution is 4.90. The Balaban J connectivity index is 2.63. The monoisotopic (exact) mass is 179 g/mol. The van der Waals surface area contributed by atoms with Gasteiger partial charge in [-0.05, 0) is 0 Å². The van der Waals surface area contributed by atoms with Gasteiger partial charge < -0.3 is 30.9 Å². The third kappa shape index (κ3) is 1.58. The zero-order chi connectivity index (χ0) is 9.30. The number of aliphatic hydroxyl groups is 4. The van der Waals surface area contributed by atoms with Crippen LogP contribution in [0.3, 0.4) is 0 Å². The average molecular weight is 179 g/mol. The summed E-state index contributed by atoms with van der Waals surface area (Å²) in [7, 11) is 0. The van der Waals surface area contributed by atoms with Crippen LogP contribution >= 0.6 is 0 Å². The van der Waals surface area contributed by atoms with Gasteiger partial charge in [0.05, 0.1) is 12.6 Å². The second-order valence-electron chi connectivity index (χ2n) is 2.81. The molecule has 6 heteroatoms. The van der Waals surface area contributed by atoms with Gasteiger partial charge in [-0.15, -0.1) is 0 Å². The van der Waals surface area contributed by atoms with Crippen molar-refractivity contribution in [3.63, 3.8) is 0 Å². The fourth-order valence-electron chi connectivity index (χ4n) is 1.12. The molecule has 0 spiro atoms. The van der Waals surface area contributed by atoms with E-state index in [2.05, 4.69) is 0 Å². The predicted molar refractivity (Wildman–Crippen MR) is 38.0 cm³/mol. The average Bonchev–Trinajstić information content (AvgIpc) is 2.08. The quantitative estimate of drug-likeness (QED) is 0.288. The first-order valence-corrected chi connectivity index (χ1v) is 3.64. The SMILES string of the molecule is N[C@H]1C(O)OC(CO)C(O)[C@@H]1O. The van der Waals surface area contributed by atoms with Crippen LogP contribution in [0.25, 0.3) is 0 Å². The maximum absolute atomic E-state index is 9.20. The number of rotatable bonds is 1. The summed E-state index contributed by atoms with van der Waals surface area (Å²) in [5.41, 5.74) is 5.26. The summed E-state index contributed by atoms with van der Waals surface area (Å²) in [5, 5.41) is 36.1. The van der Waals surface area contributed by atoms with Crippen molar-refractivity contribution in [3.8, 4) is 0 Å². The molecule has 0 amide bonds. The van der Waals surface area contributed by atoms with Crippen molar-refractivity contribution in [2.24, 2.45) is 5.73 Å². The van der Waals surface area contributed by atoms with Gasteiger partial charge in [0.1, 0.15) is 18.3 Å². The van der Waals surface area contributed by atoms with Gasteiger partial charge in [0.2, 0.25) is 0 Å². The summed E-state index contributed by atoms with van der Waals surface area (Å²) in [6, 6.07) is -1.04. The van der Waals surface area contributed by atoms with Gasteiger partial charge in [0, 0.05) is 0 Å². The fraction of sp³-hybridized carbons (Fsp3) is 1.00. The molecule has 1 aliphatic rings. The fourth-order valence-corrected chi connectivity index (χ4v) is 1.12. The lowest BCUT2D eigenvalue weighted by atomic mass is 9.98. The lowest BCUT2D eigenvalue weighted by molar-refractivity contribution is -0.248. The van der Waals surface area contributed by atoms with E-state index in [0.717, 1.165) is 0 Å². The van der Waals surface area contributed by atoms with Crippen molar-refractivity contribution < 1.29 is 25.2 Å². The third-order valence-electron chi connectivity index (χ3n) is 1.95. The molecule has 1 aliphatic heterocycles. The van der Waals surface area contributed by atoms with Gasteiger partial charge in [-0.1, -0.05) is 0 Å². The first-order chi connectivity index (χ1) is 5.57. The van der Waals surface area contributed by atoms with Gasteiger partial charge in [-0.3, -0.25) is 0 Å². The summed E-state index contributed by atoms with van der Waals surface area (Å²) in [4.78, 5) is 0. The van der Waals surface area contributed by atoms with Gasteiger partial charge in [-0.2, -0.15) is 0 Å². The molecule has 1 heterocycles. The third-order valence-corrected chi connectivity index (χ3v) is 1.95. The Labute approximate surface area is 69.2 Å². The number of ether oxygens (including phenoxy) is 1. The lowest BCUT2D eigenvalue weighted by Crippen LogP contribution is -2.61. The van der Waals surface area contributed by atoms with Crippen molar-refractivity contribution in [2.75, 3.05) is 6.61 Å². The smallest absolute Gasteiger partial charge is 0.173 e. The highest BCUT2D eigenvalue weighted by Gasteiger charge is 2.41. The maximum Gasteiger partial charge on any atom is 0.173 e. The highest BCUT2D eigenvalue weighted by atomic mass is 16.6. The molecule has 0 aliphatic carbocycles. The first-order valence-electron chi connectivity index (χ1n) is 3.64. The second kappa shape index (κ2) is 3.65. The second-order valence-corrected chi connectivity index (χ2v) is 2.81. The molecule has 0 bridgehead atoms. The van der Waals surface area contributed by atoms with Gasteiger partial charge in [0.15, 0.2) is 6.29 Å². The molecule has 6 N–H and O–H groups in total. The standard InChI is InChI=1S/C6H13NO5/c7-3-5(10)4(9)2(1-8)12-6(3)11/h2-6,8-11H,1,7H2/t2?,3-,4?,5-,6?/m1/s1. The summed E-state index contributed by atoms with van der Waals surface area (Å²) in [6.45, 7) is -0.470. The van der Waals surface area contributed by atoms with Crippen LogP contribution in [0.1, 0.15) is 0 Å². The van der Waals surface area contributed by atoms with E-state index in [4.69, 9.17) is 20.7 Å². The van der Waals surface area contributed by atoms with Crippen LogP contribution in [0.4, 0.5) is 0 Å². The summed E-state index contributed by atoms with van der Waals surface area (Å²) < 4.78 is 4.70. The Hall–Kier alpha value is -0.240. The van der Waals surface area contributed by atoms with Gasteiger partial charge >= 0.3 is 0 Å². The lowest BCUT2D eigenvalue weighted by Gasteiger charge is -2.38. The molecule has 1 rings (SSSR count). The number of nitrogens with two attached hydrogens (primary N) is 1. The molecule has 0 aromatic rings. The minimum atomic E-state index is -1.35. The molecule has 72 valence electrons. The van der Waals surface area contributed by atoms with E-state index in [1.807, 2.05) is 0 Å². The van der Waals surface area contributed by atoms with E-state index in [1.165, 1.54) is 0 Å². The molecule has 1 saturated heterocycles. The molecule has 5 atom stereocenters. The van der Waals surface area contributed by atoms with Gasteiger partial charge in [-0.25, -0.2) is 0 Å². The molecule has 3 unspecified atom stereocenters. The zero-order valence-electron chi connectivity index (χ0n) is 6.37. The van der Waals surface area contributed by atoms with Crippen molar-refractivity contribution >= 4 is 0 Å². The molecule has 12 heavy (non-hydrogen) atoms. The topological polar surface area (TPSA) is 116 Å². The van der Waals surface area contributed by atoms with Crippen LogP contribution in [0, 0.1) is 0 Å². The number of hydrogen-bond acceptors (Lipinski definition) is 6. The van der Waals surface area contributed by atoms with Crippen LogP contribution in [-0.4, -0.2) is 57.7 Å². The summed E-state index contributed by atoms with van der Waals surface area (Å²) in [5.74, 6) is 0. The van der Waals surface area contributed by atoms with Gasteiger partial charge in [0.25, 0.3) is 0 Å². The Morgan fingerprint density at radius 1 is 1.17 bits per heavy atom. The molecule has 0 aromatic carbocycles. The van der Waals surface area contributed by atoms with Crippen molar-refractivity contribution in [3.05, 3.63) is 0 Å². The molecule has 0 aromatic heterocycles. The minimum Gasteiger partial charge on any atom is -0.394 e. The van der Waals surface area contributed by atoms with E-state index in [0.29, 0.717) is 0 Å². The molecule has 0 radical (unpaired) electrons. The summed E-state index contributed by atoms with van der Waals surface area (Å²) in [6.07, 6.45) is -4.85. The van der Waals surface area contributed by atoms with Crippen molar-refractivity contribution in [1.29, 1.82) is 0 Å². The summed E-state index contributed by atoms with van der Waals surface area (Å²) >= 11 is 0. The Kier molecular flexibility index (Phi) is 2.99. The predicted octanol–water partition coefficient (Wildman–Crippen LogP) is -3.25. The Morgan fingerprint density at radius 3 is 2.25 bits per heavy atom. The minimum absolute atomic E-state index is 0.470. The van der Waals surface area contributed by atoms with E-state index in [1.54, 1.807) is 0 Å². The molecular formula is C6H13NO5. The number of hydrogen-bond donors (Lipinski definition) is 5. The first kappa shape index (κ1) is 9.85. The van der Waals surface area contributed by atoms with Crippen LogP contribution in [-0.2, 0) is 4.74 Å².